The molecule has 1 aliphatic heterocycles. The van der Waals surface area contributed by atoms with Gasteiger partial charge in [-0.25, -0.2) is 0 Å². The molecule has 0 radical (unpaired) electrons. The molecule has 6 heteroatoms. The minimum absolute atomic E-state index is 0.131. The molecule has 29 heavy (non-hydrogen) atoms. The van der Waals surface area contributed by atoms with E-state index in [1.807, 2.05) is 42.5 Å². The molecule has 1 aliphatic rings. The molecule has 4 rings (SSSR count). The number of benzene rings is 3. The second kappa shape index (κ2) is 8.48. The van der Waals surface area contributed by atoms with Gasteiger partial charge in [0, 0.05) is 17.3 Å². The second-order valence-corrected chi connectivity index (χ2v) is 6.53. The van der Waals surface area contributed by atoms with Crippen LogP contribution in [0.1, 0.15) is 10.4 Å². The highest BCUT2D eigenvalue weighted by molar-refractivity contribution is 5.99. The first-order valence-corrected chi connectivity index (χ1v) is 9.32. The minimum atomic E-state index is -0.323. The van der Waals surface area contributed by atoms with Crippen LogP contribution in [0.3, 0.4) is 0 Å². The normalized spacial score (nSPS) is 12.1. The van der Waals surface area contributed by atoms with Gasteiger partial charge >= 0.3 is 0 Å². The molecule has 0 bridgehead atoms. The Balaban J connectivity index is 1.31. The molecule has 0 saturated heterocycles. The molecule has 2 N–H and O–H groups in total. The van der Waals surface area contributed by atoms with E-state index in [2.05, 4.69) is 10.6 Å². The van der Waals surface area contributed by atoms with E-state index in [4.69, 9.17) is 9.47 Å². The zero-order valence-corrected chi connectivity index (χ0v) is 15.7. The summed E-state index contributed by atoms with van der Waals surface area (Å²) in [6, 6.07) is 22.4. The maximum absolute atomic E-state index is 12.3. The smallest absolute Gasteiger partial charge is 0.251 e. The van der Waals surface area contributed by atoms with Crippen molar-refractivity contribution in [2.75, 3.05) is 25.1 Å². The van der Waals surface area contributed by atoms with Gasteiger partial charge in [-0.1, -0.05) is 42.5 Å². The molecule has 0 saturated carbocycles. The summed E-state index contributed by atoms with van der Waals surface area (Å²) in [4.78, 5) is 24.5. The van der Waals surface area contributed by atoms with Crippen LogP contribution in [0.25, 0.3) is 11.1 Å². The first-order valence-electron chi connectivity index (χ1n) is 9.32. The van der Waals surface area contributed by atoms with Gasteiger partial charge in [-0.15, -0.1) is 0 Å². The maximum atomic E-state index is 12.3. The topological polar surface area (TPSA) is 76.7 Å². The van der Waals surface area contributed by atoms with Crippen LogP contribution >= 0.6 is 0 Å². The SMILES string of the molecule is O=C(CNC(=O)c1ccc(-c2ccccc2)cc1)Nc1ccc2c(c1)OCCO2. The third-order valence-corrected chi connectivity index (χ3v) is 4.49. The van der Waals surface area contributed by atoms with Crippen LogP contribution in [0, 0.1) is 0 Å². The molecule has 0 aromatic heterocycles. The number of fused-ring (bicyclic) bond motifs is 1. The van der Waals surface area contributed by atoms with Gasteiger partial charge in [-0.05, 0) is 35.4 Å². The minimum Gasteiger partial charge on any atom is -0.486 e. The van der Waals surface area contributed by atoms with Crippen molar-refractivity contribution in [1.29, 1.82) is 0 Å². The number of nitrogens with one attached hydrogen (secondary N) is 2. The molecule has 3 aromatic carbocycles. The van der Waals surface area contributed by atoms with E-state index < -0.39 is 0 Å². The number of amides is 2. The lowest BCUT2D eigenvalue weighted by atomic mass is 10.0. The molecule has 0 atom stereocenters. The van der Waals surface area contributed by atoms with Crippen LogP contribution in [-0.2, 0) is 4.79 Å². The summed E-state index contributed by atoms with van der Waals surface area (Å²) in [5, 5.41) is 5.37. The number of carbonyl (C=O) groups excluding carboxylic acids is 2. The molecule has 2 amide bonds. The number of hydrogen-bond acceptors (Lipinski definition) is 4. The van der Waals surface area contributed by atoms with E-state index in [-0.39, 0.29) is 18.4 Å². The van der Waals surface area contributed by atoms with Crippen LogP contribution in [-0.4, -0.2) is 31.6 Å². The van der Waals surface area contributed by atoms with Crippen LogP contribution in [0.15, 0.2) is 72.8 Å². The molecule has 0 spiro atoms. The van der Waals surface area contributed by atoms with Gasteiger partial charge in [-0.3, -0.25) is 9.59 Å². The van der Waals surface area contributed by atoms with Crippen molar-refractivity contribution in [3.63, 3.8) is 0 Å². The summed E-state index contributed by atoms with van der Waals surface area (Å²) in [5.41, 5.74) is 3.19. The number of hydrogen-bond donors (Lipinski definition) is 2. The summed E-state index contributed by atoms with van der Waals surface area (Å²) in [6.07, 6.45) is 0. The van der Waals surface area contributed by atoms with Gasteiger partial charge in [-0.2, -0.15) is 0 Å². The summed E-state index contributed by atoms with van der Waals surface area (Å²) >= 11 is 0. The Morgan fingerprint density at radius 3 is 2.24 bits per heavy atom. The van der Waals surface area contributed by atoms with E-state index in [0.717, 1.165) is 11.1 Å². The van der Waals surface area contributed by atoms with Crippen LogP contribution in [0.5, 0.6) is 11.5 Å². The monoisotopic (exact) mass is 388 g/mol. The number of rotatable bonds is 5. The Kier molecular flexibility index (Phi) is 5.42. The molecule has 0 fully saturated rings. The van der Waals surface area contributed by atoms with Crippen LogP contribution in [0.2, 0.25) is 0 Å². The fourth-order valence-electron chi connectivity index (χ4n) is 3.03. The number of anilines is 1. The van der Waals surface area contributed by atoms with Gasteiger partial charge in [0.25, 0.3) is 5.91 Å². The Hall–Kier alpha value is -3.80. The first-order chi connectivity index (χ1) is 14.2. The maximum Gasteiger partial charge on any atom is 0.251 e. The molecule has 0 unspecified atom stereocenters. The van der Waals surface area contributed by atoms with E-state index in [9.17, 15) is 9.59 Å². The van der Waals surface area contributed by atoms with Gasteiger partial charge in [0.2, 0.25) is 5.91 Å². The fraction of sp³-hybridized carbons (Fsp3) is 0.130. The highest BCUT2D eigenvalue weighted by atomic mass is 16.6. The Labute approximate surface area is 168 Å². The van der Waals surface area contributed by atoms with Gasteiger partial charge in [0.15, 0.2) is 11.5 Å². The van der Waals surface area contributed by atoms with Crippen molar-refractivity contribution < 1.29 is 19.1 Å². The average Bonchev–Trinajstić information content (AvgIpc) is 2.78. The zero-order chi connectivity index (χ0) is 20.1. The lowest BCUT2D eigenvalue weighted by Gasteiger charge is -2.19. The van der Waals surface area contributed by atoms with Crippen molar-refractivity contribution >= 4 is 17.5 Å². The highest BCUT2D eigenvalue weighted by Crippen LogP contribution is 2.32. The summed E-state index contributed by atoms with van der Waals surface area (Å²) in [7, 11) is 0. The molecule has 146 valence electrons. The first kappa shape index (κ1) is 18.6. The van der Waals surface area contributed by atoms with Crippen molar-refractivity contribution in [2.24, 2.45) is 0 Å². The predicted molar refractivity (Wildman–Crippen MR) is 110 cm³/mol. The van der Waals surface area contributed by atoms with E-state index in [0.29, 0.717) is 36.0 Å². The Morgan fingerprint density at radius 1 is 0.793 bits per heavy atom. The van der Waals surface area contributed by atoms with E-state index >= 15 is 0 Å². The summed E-state index contributed by atoms with van der Waals surface area (Å²) < 4.78 is 11.0. The molecule has 0 aliphatic carbocycles. The number of ether oxygens (including phenoxy) is 2. The molecule has 6 nitrogen and oxygen atoms in total. The second-order valence-electron chi connectivity index (χ2n) is 6.53. The van der Waals surface area contributed by atoms with E-state index in [1.165, 1.54) is 0 Å². The van der Waals surface area contributed by atoms with Crippen molar-refractivity contribution in [1.82, 2.24) is 5.32 Å². The standard InChI is InChI=1S/C23H20N2O4/c26-22(25-19-10-11-20-21(14-19)29-13-12-28-20)15-24-23(27)18-8-6-17(7-9-18)16-4-2-1-3-5-16/h1-11,14H,12-13,15H2,(H,24,27)(H,25,26). The van der Waals surface area contributed by atoms with Gasteiger partial charge in [0.05, 0.1) is 6.54 Å². The number of carbonyl (C=O) groups is 2. The lowest BCUT2D eigenvalue weighted by Crippen LogP contribution is -2.32. The van der Waals surface area contributed by atoms with Crippen molar-refractivity contribution in [2.45, 2.75) is 0 Å². The third kappa shape index (κ3) is 4.55. The molecular formula is C23H20N2O4. The van der Waals surface area contributed by atoms with E-state index in [1.54, 1.807) is 30.3 Å². The average molecular weight is 388 g/mol. The summed E-state index contributed by atoms with van der Waals surface area (Å²) in [5.74, 6) is 0.621. The van der Waals surface area contributed by atoms with Crippen molar-refractivity contribution in [3.8, 4) is 22.6 Å². The molecule has 3 aromatic rings. The lowest BCUT2D eigenvalue weighted by molar-refractivity contribution is -0.115. The highest BCUT2D eigenvalue weighted by Gasteiger charge is 2.13. The Bertz CT molecular complexity index is 1020. The van der Waals surface area contributed by atoms with Crippen LogP contribution in [0.4, 0.5) is 5.69 Å². The zero-order valence-electron chi connectivity index (χ0n) is 15.7. The molecular weight excluding hydrogens is 368 g/mol. The third-order valence-electron chi connectivity index (χ3n) is 4.49. The molecule has 1 heterocycles. The van der Waals surface area contributed by atoms with Gasteiger partial charge < -0.3 is 20.1 Å². The van der Waals surface area contributed by atoms with Crippen molar-refractivity contribution in [3.05, 3.63) is 78.4 Å². The Morgan fingerprint density at radius 2 is 1.48 bits per heavy atom. The predicted octanol–water partition coefficient (Wildman–Crippen LogP) is 3.49. The van der Waals surface area contributed by atoms with Crippen LogP contribution < -0.4 is 20.1 Å². The van der Waals surface area contributed by atoms with Gasteiger partial charge in [0.1, 0.15) is 13.2 Å². The summed E-state index contributed by atoms with van der Waals surface area (Å²) in [6.45, 7) is 0.855. The fourth-order valence-corrected chi connectivity index (χ4v) is 3.03. The largest absolute Gasteiger partial charge is 0.486 e. The quantitative estimate of drug-likeness (QED) is 0.702.